The zero-order chi connectivity index (χ0) is 58.4. The Bertz CT molecular complexity index is 4120. The molecule has 0 saturated heterocycles. The van der Waals surface area contributed by atoms with Gasteiger partial charge < -0.3 is 0 Å². The molecule has 5 aliphatic rings. The van der Waals surface area contributed by atoms with Crippen molar-refractivity contribution in [1.29, 1.82) is 0 Å². The fourth-order valence-electron chi connectivity index (χ4n) is 14.0. The van der Waals surface area contributed by atoms with Gasteiger partial charge in [0.2, 0.25) is 0 Å². The molecule has 84 heavy (non-hydrogen) atoms. The Labute approximate surface area is 500 Å². The average molecular weight is 1080 g/mol. The van der Waals surface area contributed by atoms with Gasteiger partial charge in [-0.3, -0.25) is 0 Å². The second-order valence-electron chi connectivity index (χ2n) is 21.6. The van der Waals surface area contributed by atoms with Crippen molar-refractivity contribution in [3.8, 4) is 22.3 Å². The Kier molecular flexibility index (Phi) is 16.4. The first-order chi connectivity index (χ1) is 41.4. The lowest BCUT2D eigenvalue weighted by atomic mass is 9.52. The summed E-state index contributed by atoms with van der Waals surface area (Å²) in [4.78, 5) is 0. The van der Waals surface area contributed by atoms with E-state index in [0.717, 1.165) is 34.3 Å². The van der Waals surface area contributed by atoms with Crippen molar-refractivity contribution in [2.75, 3.05) is 0 Å². The molecule has 0 aliphatic heterocycles. The van der Waals surface area contributed by atoms with E-state index in [1.165, 1.54) is 111 Å². The Morgan fingerprint density at radius 2 is 0.964 bits per heavy atom. The van der Waals surface area contributed by atoms with Crippen molar-refractivity contribution in [2.45, 2.75) is 65.2 Å². The van der Waals surface area contributed by atoms with Gasteiger partial charge in [0.15, 0.2) is 0 Å². The van der Waals surface area contributed by atoms with E-state index in [0.29, 0.717) is 6.42 Å². The van der Waals surface area contributed by atoms with Gasteiger partial charge in [-0.2, -0.15) is 0 Å². The molecule has 0 amide bonds. The monoisotopic (exact) mass is 1080 g/mol. The normalized spacial score (nSPS) is 17.4. The van der Waals surface area contributed by atoms with Crippen LogP contribution in [0.5, 0.6) is 0 Å². The van der Waals surface area contributed by atoms with Gasteiger partial charge in [-0.15, -0.1) is 0 Å². The molecule has 5 aliphatic carbocycles. The third-order valence-corrected chi connectivity index (χ3v) is 17.4. The van der Waals surface area contributed by atoms with E-state index < -0.39 is 10.8 Å². The lowest BCUT2D eigenvalue weighted by Crippen LogP contribution is -2.43. The van der Waals surface area contributed by atoms with Gasteiger partial charge in [-0.05, 0) is 178 Å². The first-order valence-electron chi connectivity index (χ1n) is 30.0. The second kappa shape index (κ2) is 24.5. The summed E-state index contributed by atoms with van der Waals surface area (Å²) in [5, 5.41) is 0. The predicted octanol–water partition coefficient (Wildman–Crippen LogP) is 22.4. The molecule has 8 aromatic carbocycles. The Morgan fingerprint density at radius 1 is 0.500 bits per heavy atom. The summed E-state index contributed by atoms with van der Waals surface area (Å²) in [5.74, 6) is 0. The van der Waals surface area contributed by atoms with Gasteiger partial charge in [-0.1, -0.05) is 314 Å². The molecule has 13 rings (SSSR count). The largest absolute Gasteiger partial charge is 0.0988 e. The number of fused-ring (bicyclic) bond motifs is 15. The fourth-order valence-corrected chi connectivity index (χ4v) is 14.0. The minimum Gasteiger partial charge on any atom is -0.0988 e. The average Bonchev–Trinajstić information content (AvgIpc) is 1.41. The summed E-state index contributed by atoms with van der Waals surface area (Å²) in [6, 6.07) is 75.9. The van der Waals surface area contributed by atoms with Gasteiger partial charge in [0.1, 0.15) is 0 Å². The summed E-state index contributed by atoms with van der Waals surface area (Å²) in [5.41, 5.74) is 29.5. The van der Waals surface area contributed by atoms with Crippen molar-refractivity contribution < 1.29 is 0 Å². The molecule has 0 radical (unpaired) electrons. The quantitative estimate of drug-likeness (QED) is 0.0845. The highest BCUT2D eigenvalue weighted by molar-refractivity contribution is 5.96. The fraction of sp³-hybridized carbons (Fsp3) is 0.119. The molecule has 0 unspecified atom stereocenters. The van der Waals surface area contributed by atoms with Crippen molar-refractivity contribution in [1.82, 2.24) is 0 Å². The van der Waals surface area contributed by atoms with E-state index >= 15 is 0 Å². The van der Waals surface area contributed by atoms with Gasteiger partial charge in [-0.25, -0.2) is 0 Å². The molecular formula is C84H74. The van der Waals surface area contributed by atoms with Crippen LogP contribution in [0.25, 0.3) is 45.0 Å². The molecule has 410 valence electrons. The van der Waals surface area contributed by atoms with E-state index in [1.54, 1.807) is 0 Å². The molecule has 2 spiro atoms. The van der Waals surface area contributed by atoms with Gasteiger partial charge >= 0.3 is 0 Å². The van der Waals surface area contributed by atoms with Crippen LogP contribution in [0.1, 0.15) is 110 Å². The minimum absolute atomic E-state index is 0.648. The SMILES string of the molecule is C=CC1=C(/C=C(C)/C2=C(\C/C(C=C)=C/C=C/C(C=C)=C/C(=Cc3ccccc3)c3ccccc3)c3ccccc3C3=C(CC=C3)\C(C)=C\2)C2(c3ccccc3-c3ccccc32)c2ccccc2C12c1ccccc1-c1ccccc12.CC.CC. The molecule has 0 bridgehead atoms. The van der Waals surface area contributed by atoms with Crippen LogP contribution in [0.3, 0.4) is 0 Å². The molecule has 0 aromatic heterocycles. The molecule has 0 fully saturated rings. The van der Waals surface area contributed by atoms with Gasteiger partial charge in [0.05, 0.1) is 10.8 Å². The molecule has 0 saturated carbocycles. The van der Waals surface area contributed by atoms with E-state index in [2.05, 4.69) is 294 Å². The van der Waals surface area contributed by atoms with Crippen molar-refractivity contribution in [2.24, 2.45) is 0 Å². The lowest BCUT2D eigenvalue weighted by Gasteiger charge is -2.49. The van der Waals surface area contributed by atoms with Crippen LogP contribution in [0.4, 0.5) is 0 Å². The van der Waals surface area contributed by atoms with Crippen molar-refractivity contribution in [3.63, 3.8) is 0 Å². The summed E-state index contributed by atoms with van der Waals surface area (Å²) in [6.45, 7) is 26.3. The summed E-state index contributed by atoms with van der Waals surface area (Å²) >= 11 is 0. The first kappa shape index (κ1) is 56.3. The zero-order valence-corrected chi connectivity index (χ0v) is 49.6. The maximum Gasteiger partial charge on any atom is 0.0720 e. The second-order valence-corrected chi connectivity index (χ2v) is 21.6. The number of hydrogen-bond donors (Lipinski definition) is 0. The molecule has 0 atom stereocenters. The topological polar surface area (TPSA) is 0 Å². The maximum absolute atomic E-state index is 4.86. The Balaban J connectivity index is 0.00000180. The van der Waals surface area contributed by atoms with Crippen LogP contribution in [0.15, 0.2) is 337 Å². The predicted molar refractivity (Wildman–Crippen MR) is 363 cm³/mol. The van der Waals surface area contributed by atoms with Gasteiger partial charge in [0, 0.05) is 0 Å². The van der Waals surface area contributed by atoms with E-state index in [-0.39, 0.29) is 0 Å². The van der Waals surface area contributed by atoms with Crippen LogP contribution in [0.2, 0.25) is 0 Å². The summed E-state index contributed by atoms with van der Waals surface area (Å²) in [6.07, 6.45) is 28.4. The van der Waals surface area contributed by atoms with Crippen LogP contribution in [-0.4, -0.2) is 0 Å². The Hall–Kier alpha value is -9.62. The lowest BCUT2D eigenvalue weighted by molar-refractivity contribution is 0.635. The van der Waals surface area contributed by atoms with Crippen LogP contribution >= 0.6 is 0 Å². The zero-order valence-electron chi connectivity index (χ0n) is 49.6. The molecule has 0 nitrogen and oxygen atoms in total. The maximum atomic E-state index is 4.86. The molecule has 8 aromatic rings. The van der Waals surface area contributed by atoms with E-state index in [9.17, 15) is 0 Å². The number of hydrogen-bond acceptors (Lipinski definition) is 0. The van der Waals surface area contributed by atoms with Crippen LogP contribution < -0.4 is 0 Å². The summed E-state index contributed by atoms with van der Waals surface area (Å²) in [7, 11) is 0. The molecule has 0 heterocycles. The number of rotatable bonds is 12. The minimum atomic E-state index is -0.680. The van der Waals surface area contributed by atoms with Gasteiger partial charge in [0.25, 0.3) is 0 Å². The number of allylic oxidation sites excluding steroid dienone is 22. The third kappa shape index (κ3) is 9.37. The van der Waals surface area contributed by atoms with E-state index in [1.807, 2.05) is 39.8 Å². The highest BCUT2D eigenvalue weighted by Gasteiger charge is 2.59. The molecule has 0 N–H and O–H groups in total. The first-order valence-corrected chi connectivity index (χ1v) is 30.0. The highest BCUT2D eigenvalue weighted by Crippen LogP contribution is 2.68. The van der Waals surface area contributed by atoms with Crippen LogP contribution in [0, 0.1) is 0 Å². The van der Waals surface area contributed by atoms with Crippen LogP contribution in [-0.2, 0) is 10.8 Å². The van der Waals surface area contributed by atoms with E-state index in [4.69, 9.17) is 6.58 Å². The summed E-state index contributed by atoms with van der Waals surface area (Å²) < 4.78 is 0. The van der Waals surface area contributed by atoms with Crippen molar-refractivity contribution in [3.05, 3.63) is 393 Å². The Morgan fingerprint density at radius 3 is 1.48 bits per heavy atom. The standard InChI is InChI=1S/C80H62.2C2H6/c1-6-56(51-60(59-33-13-10-14-34-59)52-58-29-11-9-12-30-58)31-27-32-57(7-2)53-70-64-36-16-15-35-63(64)62-42-28-41-61(62)54(4)49-69(70)55(5)50-78-71(8-3)79(72-43-21-17-37-65(72)66-38-18-22-44-73(66)79)76-47-25-26-48-77(76)80(78)74-45-23-19-39-67(74)68-40-20-24-46-75(68)80;2*1-2/h6-40,42-52H,1-3,41,53H2,4-5H3;2*1-2H3/b31-27+,54-49+,55-50+,56-51+,57-32+,60-52?,61-54?,63-62?,69-49?,70-64?,70-69+;;. The smallest absolute Gasteiger partial charge is 0.0720 e. The molecule has 0 heteroatoms. The highest BCUT2D eigenvalue weighted by atomic mass is 14.6. The molecular weight excluding hydrogens is 1010 g/mol. The third-order valence-electron chi connectivity index (χ3n) is 17.4. The number of benzene rings is 8. The van der Waals surface area contributed by atoms with Crippen molar-refractivity contribution >= 4 is 22.8 Å².